The van der Waals surface area contributed by atoms with E-state index in [9.17, 15) is 9.59 Å². The van der Waals surface area contributed by atoms with E-state index in [-0.39, 0.29) is 11.3 Å². The first-order chi connectivity index (χ1) is 6.74. The SMILES string of the molecule is CC(C)(C)OC(=O)N1CC2CC2(C)C1=O. The highest BCUT2D eigenvalue weighted by Crippen LogP contribution is 2.58. The molecular weight excluding hydrogens is 194 g/mol. The summed E-state index contributed by atoms with van der Waals surface area (Å²) in [5.74, 6) is 0.291. The van der Waals surface area contributed by atoms with Gasteiger partial charge in [0.2, 0.25) is 5.91 Å². The predicted octanol–water partition coefficient (Wildman–Crippen LogP) is 1.79. The Morgan fingerprint density at radius 3 is 2.53 bits per heavy atom. The fourth-order valence-corrected chi connectivity index (χ4v) is 2.07. The minimum absolute atomic E-state index is 0.0678. The van der Waals surface area contributed by atoms with E-state index in [2.05, 4.69) is 0 Å². The molecule has 15 heavy (non-hydrogen) atoms. The molecule has 2 rings (SSSR count). The first kappa shape index (κ1) is 10.5. The van der Waals surface area contributed by atoms with E-state index in [1.165, 1.54) is 4.90 Å². The lowest BCUT2D eigenvalue weighted by Gasteiger charge is -2.24. The third kappa shape index (κ3) is 1.62. The summed E-state index contributed by atoms with van der Waals surface area (Å²) in [6.45, 7) is 7.85. The number of nitrogens with zero attached hydrogens (tertiary/aromatic N) is 1. The maximum Gasteiger partial charge on any atom is 0.417 e. The van der Waals surface area contributed by atoms with Gasteiger partial charge in [-0.2, -0.15) is 0 Å². The van der Waals surface area contributed by atoms with Gasteiger partial charge in [-0.3, -0.25) is 4.79 Å². The monoisotopic (exact) mass is 211 g/mol. The van der Waals surface area contributed by atoms with E-state index in [0.29, 0.717) is 12.5 Å². The van der Waals surface area contributed by atoms with Gasteiger partial charge in [-0.05, 0) is 33.1 Å². The van der Waals surface area contributed by atoms with Gasteiger partial charge in [0, 0.05) is 6.54 Å². The highest BCUT2D eigenvalue weighted by Gasteiger charge is 2.64. The smallest absolute Gasteiger partial charge is 0.417 e. The van der Waals surface area contributed by atoms with Crippen LogP contribution in [0.5, 0.6) is 0 Å². The average Bonchev–Trinajstić information content (AvgIpc) is 2.63. The Hall–Kier alpha value is -1.06. The lowest BCUT2D eigenvalue weighted by atomic mass is 10.1. The van der Waals surface area contributed by atoms with Crippen molar-refractivity contribution in [3.63, 3.8) is 0 Å². The molecule has 0 N–H and O–H groups in total. The Morgan fingerprint density at radius 1 is 1.53 bits per heavy atom. The van der Waals surface area contributed by atoms with E-state index in [4.69, 9.17) is 4.74 Å². The fourth-order valence-electron chi connectivity index (χ4n) is 2.07. The van der Waals surface area contributed by atoms with Gasteiger partial charge in [0.1, 0.15) is 5.60 Å². The Balaban J connectivity index is 2.02. The Kier molecular flexibility index (Phi) is 1.91. The zero-order valence-corrected chi connectivity index (χ0v) is 9.66. The number of imide groups is 1. The van der Waals surface area contributed by atoms with Gasteiger partial charge in [-0.25, -0.2) is 9.69 Å². The van der Waals surface area contributed by atoms with Crippen LogP contribution in [0, 0.1) is 11.3 Å². The highest BCUT2D eigenvalue weighted by atomic mass is 16.6. The second-order valence-electron chi connectivity index (χ2n) is 5.71. The molecule has 2 aliphatic rings. The van der Waals surface area contributed by atoms with E-state index < -0.39 is 11.7 Å². The number of fused-ring (bicyclic) bond motifs is 1. The van der Waals surface area contributed by atoms with Crippen LogP contribution >= 0.6 is 0 Å². The molecule has 4 heteroatoms. The van der Waals surface area contributed by atoms with Crippen LogP contribution < -0.4 is 0 Å². The first-order valence-corrected chi connectivity index (χ1v) is 5.29. The van der Waals surface area contributed by atoms with Gasteiger partial charge in [-0.15, -0.1) is 0 Å². The third-order valence-corrected chi connectivity index (χ3v) is 3.16. The molecule has 0 aromatic carbocycles. The third-order valence-electron chi connectivity index (χ3n) is 3.16. The zero-order chi connectivity index (χ0) is 11.4. The van der Waals surface area contributed by atoms with Gasteiger partial charge in [0.25, 0.3) is 0 Å². The molecule has 2 fully saturated rings. The minimum atomic E-state index is -0.537. The summed E-state index contributed by atoms with van der Waals surface area (Å²) in [4.78, 5) is 24.7. The molecule has 0 radical (unpaired) electrons. The molecule has 1 aliphatic carbocycles. The summed E-state index contributed by atoms with van der Waals surface area (Å²) in [6, 6.07) is 0. The number of hydrogen-bond acceptors (Lipinski definition) is 3. The summed E-state index contributed by atoms with van der Waals surface area (Å²) in [5, 5.41) is 0. The molecule has 2 amide bonds. The number of ether oxygens (including phenoxy) is 1. The summed E-state index contributed by atoms with van der Waals surface area (Å²) in [7, 11) is 0. The molecule has 1 heterocycles. The summed E-state index contributed by atoms with van der Waals surface area (Å²) in [5.41, 5.74) is -0.804. The molecule has 0 aromatic heterocycles. The number of carbonyl (C=O) groups is 2. The lowest BCUT2D eigenvalue weighted by Crippen LogP contribution is -2.40. The number of rotatable bonds is 0. The molecular formula is C11H17NO3. The van der Waals surface area contributed by atoms with Crippen molar-refractivity contribution in [3.8, 4) is 0 Å². The molecule has 84 valence electrons. The molecule has 0 spiro atoms. The van der Waals surface area contributed by atoms with Crippen LogP contribution in [0.4, 0.5) is 4.79 Å². The predicted molar refractivity (Wildman–Crippen MR) is 54.2 cm³/mol. The standard InChI is InChI=1S/C11H17NO3/c1-10(2,3)15-9(14)12-6-7-5-11(7,4)8(12)13/h7H,5-6H2,1-4H3. The first-order valence-electron chi connectivity index (χ1n) is 5.29. The van der Waals surface area contributed by atoms with Gasteiger partial charge >= 0.3 is 6.09 Å². The van der Waals surface area contributed by atoms with Gasteiger partial charge in [-0.1, -0.05) is 6.92 Å². The van der Waals surface area contributed by atoms with Crippen molar-refractivity contribution in [2.45, 2.75) is 39.7 Å². The largest absolute Gasteiger partial charge is 0.443 e. The molecule has 4 nitrogen and oxygen atoms in total. The van der Waals surface area contributed by atoms with Crippen LogP contribution in [0.1, 0.15) is 34.1 Å². The van der Waals surface area contributed by atoms with Crippen LogP contribution in [0.15, 0.2) is 0 Å². The van der Waals surface area contributed by atoms with Crippen molar-refractivity contribution in [1.82, 2.24) is 4.90 Å². The summed E-state index contributed by atoms with van der Waals surface area (Å²) >= 11 is 0. The maximum atomic E-state index is 11.8. The summed E-state index contributed by atoms with van der Waals surface area (Å²) < 4.78 is 5.17. The molecule has 1 saturated carbocycles. The quantitative estimate of drug-likeness (QED) is 0.613. The number of likely N-dealkylation sites (tertiary alicyclic amines) is 1. The van der Waals surface area contributed by atoms with Gasteiger partial charge < -0.3 is 4.74 Å². The van der Waals surface area contributed by atoms with E-state index in [1.807, 2.05) is 6.92 Å². The molecule has 0 aromatic rings. The van der Waals surface area contributed by atoms with E-state index in [0.717, 1.165) is 6.42 Å². The van der Waals surface area contributed by atoms with Crippen LogP contribution in [0.25, 0.3) is 0 Å². The second kappa shape index (κ2) is 2.74. The van der Waals surface area contributed by atoms with Crippen molar-refractivity contribution in [2.75, 3.05) is 6.54 Å². The van der Waals surface area contributed by atoms with Crippen LogP contribution in [-0.2, 0) is 9.53 Å². The number of piperidine rings is 1. The van der Waals surface area contributed by atoms with Crippen molar-refractivity contribution < 1.29 is 14.3 Å². The van der Waals surface area contributed by atoms with Crippen LogP contribution in [0.2, 0.25) is 0 Å². The van der Waals surface area contributed by atoms with Crippen LogP contribution in [-0.4, -0.2) is 29.0 Å². The maximum absolute atomic E-state index is 11.8. The van der Waals surface area contributed by atoms with Gasteiger partial charge in [0.05, 0.1) is 5.41 Å². The van der Waals surface area contributed by atoms with Crippen molar-refractivity contribution in [2.24, 2.45) is 11.3 Å². The van der Waals surface area contributed by atoms with Crippen molar-refractivity contribution in [3.05, 3.63) is 0 Å². The van der Waals surface area contributed by atoms with E-state index in [1.54, 1.807) is 20.8 Å². The van der Waals surface area contributed by atoms with Gasteiger partial charge in [0.15, 0.2) is 0 Å². The molecule has 1 saturated heterocycles. The number of hydrogen-bond donors (Lipinski definition) is 0. The Labute approximate surface area is 89.6 Å². The Bertz CT molecular complexity index is 331. The second-order valence-corrected chi connectivity index (χ2v) is 5.71. The Morgan fingerprint density at radius 2 is 2.13 bits per heavy atom. The average molecular weight is 211 g/mol. The van der Waals surface area contributed by atoms with Crippen molar-refractivity contribution in [1.29, 1.82) is 0 Å². The minimum Gasteiger partial charge on any atom is -0.443 e. The number of amides is 2. The molecule has 1 aliphatic heterocycles. The summed E-state index contributed by atoms with van der Waals surface area (Å²) in [6.07, 6.45) is 0.423. The lowest BCUT2D eigenvalue weighted by molar-refractivity contribution is -0.132. The zero-order valence-electron chi connectivity index (χ0n) is 9.66. The topological polar surface area (TPSA) is 46.6 Å². The molecule has 2 unspecified atom stereocenters. The highest BCUT2D eigenvalue weighted by molar-refractivity contribution is 5.99. The molecule has 0 bridgehead atoms. The van der Waals surface area contributed by atoms with Crippen LogP contribution in [0.3, 0.4) is 0 Å². The fraction of sp³-hybridized carbons (Fsp3) is 0.818. The van der Waals surface area contributed by atoms with E-state index >= 15 is 0 Å². The molecule has 2 atom stereocenters. The normalized spacial score (nSPS) is 34.0. The number of carbonyl (C=O) groups excluding carboxylic acids is 2. The van der Waals surface area contributed by atoms with Crippen molar-refractivity contribution >= 4 is 12.0 Å².